The summed E-state index contributed by atoms with van der Waals surface area (Å²) in [5.41, 5.74) is 7.55. The van der Waals surface area contributed by atoms with Crippen LogP contribution in [-0.2, 0) is 0 Å². The first kappa shape index (κ1) is 10.8. The molecule has 1 heterocycles. The van der Waals surface area contributed by atoms with Gasteiger partial charge in [-0.3, -0.25) is 0 Å². The molecule has 0 spiro atoms. The van der Waals surface area contributed by atoms with Crippen molar-refractivity contribution in [1.29, 1.82) is 0 Å². The van der Waals surface area contributed by atoms with Gasteiger partial charge in [-0.1, -0.05) is 0 Å². The van der Waals surface area contributed by atoms with Crippen LogP contribution in [0.25, 0.3) is 0 Å². The zero-order chi connectivity index (χ0) is 10.8. The summed E-state index contributed by atoms with van der Waals surface area (Å²) in [6.45, 7) is 1.71. The van der Waals surface area contributed by atoms with E-state index in [1.165, 1.54) is 0 Å². The number of benzene rings is 1. The number of aliphatic hydroxyl groups excluding tert-OH is 1. The number of piperidine rings is 1. The lowest BCUT2D eigenvalue weighted by molar-refractivity contribution is 0.154. The fraction of sp³-hybridized carbons (Fsp3) is 0.455. The first-order chi connectivity index (χ1) is 7.16. The third-order valence-corrected chi connectivity index (χ3v) is 3.34. The topological polar surface area (TPSA) is 49.5 Å². The number of nitrogens with zero attached hydrogens (tertiary/aromatic N) is 1. The predicted octanol–water partition coefficient (Wildman–Crippen LogP) is 1.99. The first-order valence-electron chi connectivity index (χ1n) is 5.15. The molecule has 82 valence electrons. The molecule has 0 aliphatic carbocycles. The molecule has 1 aromatic rings. The summed E-state index contributed by atoms with van der Waals surface area (Å²) in [6, 6.07) is 5.79. The molecular formula is C11H15BrN2O. The van der Waals surface area contributed by atoms with Gasteiger partial charge in [-0.2, -0.15) is 0 Å². The van der Waals surface area contributed by atoms with Crippen LogP contribution in [0.2, 0.25) is 0 Å². The summed E-state index contributed by atoms with van der Waals surface area (Å²) >= 11 is 3.50. The number of hydrogen-bond acceptors (Lipinski definition) is 3. The highest BCUT2D eigenvalue weighted by Crippen LogP contribution is 2.30. The molecule has 2 rings (SSSR count). The molecule has 0 amide bonds. The van der Waals surface area contributed by atoms with Gasteiger partial charge in [0.15, 0.2) is 0 Å². The minimum atomic E-state index is -0.205. The molecule has 4 heteroatoms. The second kappa shape index (κ2) is 4.41. The van der Waals surface area contributed by atoms with E-state index in [0.29, 0.717) is 6.54 Å². The molecule has 0 saturated carbocycles. The van der Waals surface area contributed by atoms with Crippen molar-refractivity contribution in [1.82, 2.24) is 0 Å². The van der Waals surface area contributed by atoms with Gasteiger partial charge in [0.1, 0.15) is 0 Å². The van der Waals surface area contributed by atoms with E-state index in [4.69, 9.17) is 5.73 Å². The van der Waals surface area contributed by atoms with Crippen molar-refractivity contribution in [2.75, 3.05) is 23.7 Å². The minimum Gasteiger partial charge on any atom is -0.399 e. The molecule has 15 heavy (non-hydrogen) atoms. The number of nitrogen functional groups attached to an aromatic ring is 1. The monoisotopic (exact) mass is 270 g/mol. The summed E-state index contributed by atoms with van der Waals surface area (Å²) in [6.07, 6.45) is 1.74. The fourth-order valence-corrected chi connectivity index (χ4v) is 2.60. The Morgan fingerprint density at radius 1 is 1.47 bits per heavy atom. The van der Waals surface area contributed by atoms with Crippen molar-refractivity contribution in [3.8, 4) is 0 Å². The van der Waals surface area contributed by atoms with Gasteiger partial charge in [0.05, 0.1) is 11.8 Å². The smallest absolute Gasteiger partial charge is 0.0715 e. The molecule has 1 aromatic carbocycles. The number of anilines is 2. The maximum atomic E-state index is 9.60. The quantitative estimate of drug-likeness (QED) is 0.768. The third kappa shape index (κ3) is 2.44. The van der Waals surface area contributed by atoms with Crippen molar-refractivity contribution in [3.63, 3.8) is 0 Å². The Labute approximate surface area is 98.0 Å². The van der Waals surface area contributed by atoms with E-state index in [1.807, 2.05) is 18.2 Å². The number of aliphatic hydroxyl groups is 1. The zero-order valence-corrected chi connectivity index (χ0v) is 10.1. The SMILES string of the molecule is Nc1ccc(N2CCCC(O)C2)c(Br)c1. The van der Waals surface area contributed by atoms with Crippen molar-refractivity contribution in [2.45, 2.75) is 18.9 Å². The Bertz CT molecular complexity index is 356. The summed E-state index contributed by atoms with van der Waals surface area (Å²) in [7, 11) is 0. The van der Waals surface area contributed by atoms with Crippen molar-refractivity contribution >= 4 is 27.3 Å². The normalized spacial score (nSPS) is 21.7. The molecule has 1 unspecified atom stereocenters. The highest BCUT2D eigenvalue weighted by molar-refractivity contribution is 9.10. The van der Waals surface area contributed by atoms with Gasteiger partial charge in [0, 0.05) is 23.2 Å². The molecule has 1 atom stereocenters. The third-order valence-electron chi connectivity index (χ3n) is 2.71. The number of β-amino-alcohol motifs (C(OH)–C–C–N with tert-alkyl or cyclic N) is 1. The zero-order valence-electron chi connectivity index (χ0n) is 8.49. The van der Waals surface area contributed by atoms with Crippen LogP contribution in [0.3, 0.4) is 0 Å². The van der Waals surface area contributed by atoms with E-state index in [9.17, 15) is 5.11 Å². The average molecular weight is 271 g/mol. The van der Waals surface area contributed by atoms with E-state index in [1.54, 1.807) is 0 Å². The Hall–Kier alpha value is -0.740. The van der Waals surface area contributed by atoms with Crippen molar-refractivity contribution < 1.29 is 5.11 Å². The van der Waals surface area contributed by atoms with Crippen LogP contribution >= 0.6 is 15.9 Å². The van der Waals surface area contributed by atoms with Crippen LogP contribution in [0.1, 0.15) is 12.8 Å². The highest BCUT2D eigenvalue weighted by Gasteiger charge is 2.19. The van der Waals surface area contributed by atoms with Gasteiger partial charge < -0.3 is 15.7 Å². The van der Waals surface area contributed by atoms with Crippen LogP contribution < -0.4 is 10.6 Å². The fourth-order valence-electron chi connectivity index (χ4n) is 1.95. The minimum absolute atomic E-state index is 0.205. The van der Waals surface area contributed by atoms with Crippen molar-refractivity contribution in [2.24, 2.45) is 0 Å². The Morgan fingerprint density at radius 2 is 2.27 bits per heavy atom. The summed E-state index contributed by atoms with van der Waals surface area (Å²) < 4.78 is 0.997. The summed E-state index contributed by atoms with van der Waals surface area (Å²) in [5, 5.41) is 9.60. The highest BCUT2D eigenvalue weighted by atomic mass is 79.9. The van der Waals surface area contributed by atoms with Gasteiger partial charge in [-0.25, -0.2) is 0 Å². The average Bonchev–Trinajstić information content (AvgIpc) is 2.17. The summed E-state index contributed by atoms with van der Waals surface area (Å²) in [5.74, 6) is 0. The molecule has 1 aliphatic rings. The van der Waals surface area contributed by atoms with E-state index in [-0.39, 0.29) is 6.10 Å². The predicted molar refractivity (Wildman–Crippen MR) is 66.0 cm³/mol. The lowest BCUT2D eigenvalue weighted by atomic mass is 10.1. The van der Waals surface area contributed by atoms with Crippen LogP contribution in [0.4, 0.5) is 11.4 Å². The number of nitrogens with two attached hydrogens (primary N) is 1. The number of hydrogen-bond donors (Lipinski definition) is 2. The largest absolute Gasteiger partial charge is 0.399 e. The Kier molecular flexibility index (Phi) is 3.17. The van der Waals surface area contributed by atoms with E-state index >= 15 is 0 Å². The number of halogens is 1. The van der Waals surface area contributed by atoms with E-state index in [2.05, 4.69) is 20.8 Å². The molecule has 1 saturated heterocycles. The standard InChI is InChI=1S/C11H15BrN2O/c12-10-6-8(13)3-4-11(10)14-5-1-2-9(15)7-14/h3-4,6,9,15H,1-2,5,7,13H2. The van der Waals surface area contributed by atoms with Gasteiger partial charge >= 0.3 is 0 Å². The maximum absolute atomic E-state index is 9.60. The van der Waals surface area contributed by atoms with Crippen LogP contribution in [0.5, 0.6) is 0 Å². The first-order valence-corrected chi connectivity index (χ1v) is 5.94. The molecule has 3 N–H and O–H groups in total. The van der Waals surface area contributed by atoms with E-state index in [0.717, 1.165) is 35.2 Å². The van der Waals surface area contributed by atoms with Crippen LogP contribution in [-0.4, -0.2) is 24.3 Å². The summed E-state index contributed by atoms with van der Waals surface area (Å²) in [4.78, 5) is 2.19. The van der Waals surface area contributed by atoms with Crippen molar-refractivity contribution in [3.05, 3.63) is 22.7 Å². The van der Waals surface area contributed by atoms with Crippen LogP contribution in [0, 0.1) is 0 Å². The van der Waals surface area contributed by atoms with Gasteiger partial charge in [-0.15, -0.1) is 0 Å². The lowest BCUT2D eigenvalue weighted by Crippen LogP contribution is -2.38. The van der Waals surface area contributed by atoms with Gasteiger partial charge in [-0.05, 0) is 47.0 Å². The molecule has 3 nitrogen and oxygen atoms in total. The Balaban J connectivity index is 2.21. The molecular weight excluding hydrogens is 256 g/mol. The molecule has 1 fully saturated rings. The van der Waals surface area contributed by atoms with E-state index < -0.39 is 0 Å². The van der Waals surface area contributed by atoms with Gasteiger partial charge in [0.2, 0.25) is 0 Å². The molecule has 0 bridgehead atoms. The van der Waals surface area contributed by atoms with Gasteiger partial charge in [0.25, 0.3) is 0 Å². The Morgan fingerprint density at radius 3 is 2.93 bits per heavy atom. The second-order valence-corrected chi connectivity index (χ2v) is 4.81. The molecule has 1 aliphatic heterocycles. The molecule has 0 aromatic heterocycles. The number of rotatable bonds is 1. The van der Waals surface area contributed by atoms with Crippen LogP contribution in [0.15, 0.2) is 22.7 Å². The lowest BCUT2D eigenvalue weighted by Gasteiger charge is -2.32. The maximum Gasteiger partial charge on any atom is 0.0715 e. The molecule has 0 radical (unpaired) electrons. The second-order valence-electron chi connectivity index (χ2n) is 3.95.